The molecule has 3 aliphatic rings. The molecule has 5 heterocycles. The fourth-order valence-electron chi connectivity index (χ4n) is 5.38. The van der Waals surface area contributed by atoms with Crippen LogP contribution < -0.4 is 21.3 Å². The molecule has 9 nitrogen and oxygen atoms in total. The molecule has 1 saturated carbocycles. The number of nitrogens with one attached hydrogen (secondary N) is 1. The lowest BCUT2D eigenvalue weighted by Gasteiger charge is -2.53. The van der Waals surface area contributed by atoms with Crippen molar-refractivity contribution in [2.45, 2.75) is 56.2 Å². The second-order valence-corrected chi connectivity index (χ2v) is 9.82. The van der Waals surface area contributed by atoms with Gasteiger partial charge in [0.15, 0.2) is 0 Å². The van der Waals surface area contributed by atoms with Crippen molar-refractivity contribution >= 4 is 11.0 Å². The van der Waals surface area contributed by atoms with E-state index < -0.39 is 0 Å². The minimum atomic E-state index is -0.365. The summed E-state index contributed by atoms with van der Waals surface area (Å²) in [6.07, 6.45) is 7.57. The van der Waals surface area contributed by atoms with Crippen molar-refractivity contribution in [3.63, 3.8) is 0 Å². The van der Waals surface area contributed by atoms with Crippen LogP contribution in [0.3, 0.4) is 0 Å². The monoisotopic (exact) mass is 483 g/mol. The molecule has 3 fully saturated rings. The first-order valence-electron chi connectivity index (χ1n) is 11.9. The normalized spacial score (nSPS) is 23.7. The quantitative estimate of drug-likeness (QED) is 0.549. The van der Waals surface area contributed by atoms with Gasteiger partial charge in [-0.05, 0) is 44.6 Å². The topological polar surface area (TPSA) is 100 Å². The standard InChI is InChI=1S/C25H30FN5O4/c1-30-14-16(22(32)31(2)23(30)33)12-28-24-8-10-25(11-9-24,35-15-24)7-6-17-18(26)13-27-19-4-5-20(34-3)29-21(17)19/h4-5,13-14,28H,6-12,15H2,1-3H3. The smallest absolute Gasteiger partial charge is 0.330 e. The summed E-state index contributed by atoms with van der Waals surface area (Å²) in [5.41, 5.74) is 1.14. The van der Waals surface area contributed by atoms with Gasteiger partial charge < -0.3 is 19.4 Å². The molecule has 0 aromatic carbocycles. The third-order valence-electron chi connectivity index (χ3n) is 7.72. The number of fused-ring (bicyclic) bond motifs is 4. The highest BCUT2D eigenvalue weighted by Gasteiger charge is 2.49. The first-order chi connectivity index (χ1) is 16.7. The number of hydrogen-bond acceptors (Lipinski definition) is 7. The lowest BCUT2D eigenvalue weighted by molar-refractivity contribution is -0.165. The molecule has 0 amide bonds. The number of aromatic nitrogens is 4. The largest absolute Gasteiger partial charge is 0.481 e. The van der Waals surface area contributed by atoms with Gasteiger partial charge in [-0.1, -0.05) is 0 Å². The third kappa shape index (κ3) is 4.25. The van der Waals surface area contributed by atoms with Gasteiger partial charge in [-0.25, -0.2) is 14.2 Å². The number of ether oxygens (including phenoxy) is 2. The van der Waals surface area contributed by atoms with Gasteiger partial charge in [0.2, 0.25) is 5.88 Å². The molecular weight excluding hydrogens is 453 g/mol. The van der Waals surface area contributed by atoms with Crippen molar-refractivity contribution in [1.82, 2.24) is 24.4 Å². The van der Waals surface area contributed by atoms with Crippen LogP contribution in [0.5, 0.6) is 5.88 Å². The van der Waals surface area contributed by atoms with Crippen LogP contribution in [0, 0.1) is 5.82 Å². The Morgan fingerprint density at radius 2 is 1.97 bits per heavy atom. The minimum Gasteiger partial charge on any atom is -0.481 e. The highest BCUT2D eigenvalue weighted by molar-refractivity contribution is 5.78. The van der Waals surface area contributed by atoms with Gasteiger partial charge in [-0.3, -0.25) is 14.3 Å². The van der Waals surface area contributed by atoms with E-state index in [9.17, 15) is 14.0 Å². The molecule has 2 saturated heterocycles. The lowest BCUT2D eigenvalue weighted by Crippen LogP contribution is -2.61. The van der Waals surface area contributed by atoms with Crippen molar-refractivity contribution in [2.75, 3.05) is 13.7 Å². The number of hydrogen-bond donors (Lipinski definition) is 1. The molecule has 3 aromatic rings. The van der Waals surface area contributed by atoms with Gasteiger partial charge in [0.25, 0.3) is 5.56 Å². The molecule has 0 unspecified atom stereocenters. The van der Waals surface area contributed by atoms with Gasteiger partial charge in [0.1, 0.15) is 5.82 Å². The predicted molar refractivity (Wildman–Crippen MR) is 128 cm³/mol. The molecule has 2 bridgehead atoms. The molecule has 2 aliphatic heterocycles. The molecule has 35 heavy (non-hydrogen) atoms. The fraction of sp³-hybridized carbons (Fsp3) is 0.520. The molecule has 0 spiro atoms. The maximum atomic E-state index is 14.7. The van der Waals surface area contributed by atoms with Crippen molar-refractivity contribution in [3.05, 3.63) is 62.3 Å². The second-order valence-electron chi connectivity index (χ2n) is 9.82. The molecule has 186 valence electrons. The summed E-state index contributed by atoms with van der Waals surface area (Å²) < 4.78 is 28.9. The van der Waals surface area contributed by atoms with Crippen molar-refractivity contribution < 1.29 is 13.9 Å². The Morgan fingerprint density at radius 3 is 2.66 bits per heavy atom. The zero-order valence-electron chi connectivity index (χ0n) is 20.3. The molecular formula is C25H30FN5O4. The van der Waals surface area contributed by atoms with Crippen LogP contribution in [0.25, 0.3) is 11.0 Å². The zero-order chi connectivity index (χ0) is 24.8. The number of halogens is 1. The second kappa shape index (κ2) is 8.83. The third-order valence-corrected chi connectivity index (χ3v) is 7.72. The zero-order valence-corrected chi connectivity index (χ0v) is 20.3. The van der Waals surface area contributed by atoms with E-state index in [-0.39, 0.29) is 28.2 Å². The Kier molecular flexibility index (Phi) is 5.96. The Balaban J connectivity index is 1.27. The van der Waals surface area contributed by atoms with Crippen LogP contribution in [-0.2, 0) is 31.8 Å². The van der Waals surface area contributed by atoms with E-state index in [1.54, 1.807) is 25.4 Å². The number of aryl methyl sites for hydroxylation is 2. The van der Waals surface area contributed by atoms with E-state index in [0.717, 1.165) is 30.3 Å². The van der Waals surface area contributed by atoms with Crippen LogP contribution in [0.2, 0.25) is 0 Å². The van der Waals surface area contributed by atoms with Crippen LogP contribution in [0.1, 0.15) is 43.2 Å². The minimum absolute atomic E-state index is 0.203. The van der Waals surface area contributed by atoms with E-state index in [2.05, 4.69) is 15.3 Å². The van der Waals surface area contributed by atoms with Gasteiger partial charge in [0, 0.05) is 49.6 Å². The number of methoxy groups -OCH3 is 1. The molecule has 1 aliphatic carbocycles. The highest BCUT2D eigenvalue weighted by Crippen LogP contribution is 2.46. The summed E-state index contributed by atoms with van der Waals surface area (Å²) in [4.78, 5) is 33.0. The Morgan fingerprint density at radius 1 is 1.20 bits per heavy atom. The average molecular weight is 484 g/mol. The lowest BCUT2D eigenvalue weighted by atomic mass is 9.69. The molecule has 0 radical (unpaired) electrons. The molecule has 6 rings (SSSR count). The summed E-state index contributed by atoms with van der Waals surface area (Å²) in [7, 11) is 4.67. The van der Waals surface area contributed by atoms with Gasteiger partial charge in [-0.2, -0.15) is 0 Å². The van der Waals surface area contributed by atoms with Crippen molar-refractivity contribution in [1.29, 1.82) is 0 Å². The van der Waals surface area contributed by atoms with E-state index in [1.165, 1.54) is 24.9 Å². The predicted octanol–water partition coefficient (Wildman–Crippen LogP) is 1.98. The maximum Gasteiger partial charge on any atom is 0.330 e. The van der Waals surface area contributed by atoms with Crippen LogP contribution in [0.15, 0.2) is 34.1 Å². The van der Waals surface area contributed by atoms with E-state index >= 15 is 0 Å². The Hall–Kier alpha value is -3.11. The van der Waals surface area contributed by atoms with Gasteiger partial charge in [0.05, 0.1) is 36.5 Å². The summed E-state index contributed by atoms with van der Waals surface area (Å²) in [5.74, 6) is 0.0659. The molecule has 3 aromatic heterocycles. The van der Waals surface area contributed by atoms with Crippen LogP contribution >= 0.6 is 0 Å². The van der Waals surface area contributed by atoms with Gasteiger partial charge >= 0.3 is 5.69 Å². The SMILES string of the molecule is COc1ccc2ncc(F)c(CCC34CCC(NCc5cn(C)c(=O)n(C)c5=O)(CC3)CO4)c2n1. The van der Waals surface area contributed by atoms with Gasteiger partial charge in [-0.15, -0.1) is 0 Å². The molecule has 10 heteroatoms. The van der Waals surface area contributed by atoms with E-state index in [4.69, 9.17) is 9.47 Å². The van der Waals surface area contributed by atoms with E-state index in [0.29, 0.717) is 54.0 Å². The Labute approximate surface area is 201 Å². The van der Waals surface area contributed by atoms with Crippen LogP contribution in [-0.4, -0.2) is 44.0 Å². The summed E-state index contributed by atoms with van der Waals surface area (Å²) in [6.45, 7) is 0.906. The molecule has 0 atom stereocenters. The fourth-order valence-corrected chi connectivity index (χ4v) is 5.38. The molecule has 1 N–H and O–H groups in total. The van der Waals surface area contributed by atoms with Crippen molar-refractivity contribution in [2.24, 2.45) is 14.1 Å². The number of nitrogens with zero attached hydrogens (tertiary/aromatic N) is 4. The van der Waals surface area contributed by atoms with E-state index in [1.807, 2.05) is 0 Å². The first kappa shape index (κ1) is 23.6. The number of rotatable bonds is 7. The average Bonchev–Trinajstić information content (AvgIpc) is 2.89. The summed E-state index contributed by atoms with van der Waals surface area (Å²) in [6, 6.07) is 3.51. The number of pyridine rings is 2. The van der Waals surface area contributed by atoms with Crippen molar-refractivity contribution in [3.8, 4) is 5.88 Å². The first-order valence-corrected chi connectivity index (χ1v) is 11.9. The summed E-state index contributed by atoms with van der Waals surface area (Å²) >= 11 is 0. The highest BCUT2D eigenvalue weighted by atomic mass is 19.1. The van der Waals surface area contributed by atoms with Crippen LogP contribution in [0.4, 0.5) is 4.39 Å². The maximum absolute atomic E-state index is 14.7. The Bertz CT molecular complexity index is 1370. The summed E-state index contributed by atoms with van der Waals surface area (Å²) in [5, 5.41) is 3.54.